The maximum atomic E-state index is 11.5. The first-order valence-corrected chi connectivity index (χ1v) is 9.80. The molecule has 25 heavy (non-hydrogen) atoms. The third-order valence-corrected chi connectivity index (χ3v) is 6.60. The van der Waals surface area contributed by atoms with E-state index in [2.05, 4.69) is 28.4 Å². The Hall–Kier alpha value is -1.50. The Morgan fingerprint density at radius 3 is 2.80 bits per heavy atom. The van der Waals surface area contributed by atoms with Crippen molar-refractivity contribution in [3.8, 4) is 0 Å². The molecular weight excluding hydrogens is 334 g/mol. The molecule has 0 radical (unpaired) electrons. The number of likely N-dealkylation sites (tertiary alicyclic amines) is 1. The molecule has 4 atom stereocenters. The van der Waals surface area contributed by atoms with Gasteiger partial charge in [0.25, 0.3) is 0 Å². The van der Waals surface area contributed by atoms with Crippen LogP contribution in [0.15, 0.2) is 24.3 Å². The molecule has 1 saturated carbocycles. The first-order valence-electron chi connectivity index (χ1n) is 8.99. The number of aromatic nitrogens is 1. The van der Waals surface area contributed by atoms with Gasteiger partial charge in [-0.2, -0.15) is 0 Å². The zero-order chi connectivity index (χ0) is 17.4. The number of nitrogens with zero attached hydrogens (tertiary/aromatic N) is 2. The van der Waals surface area contributed by atoms with Crippen LogP contribution in [0, 0.1) is 11.8 Å². The maximum absolute atomic E-state index is 11.5. The van der Waals surface area contributed by atoms with Crippen LogP contribution in [0.4, 0.5) is 0 Å². The molecule has 134 valence electrons. The Morgan fingerprint density at radius 2 is 2.08 bits per heavy atom. The molecule has 0 bridgehead atoms. The average molecular weight is 359 g/mol. The van der Waals surface area contributed by atoms with Gasteiger partial charge in [-0.15, -0.1) is 11.3 Å². The summed E-state index contributed by atoms with van der Waals surface area (Å²) in [6.45, 7) is 4.71. The molecule has 1 aliphatic heterocycles. The van der Waals surface area contributed by atoms with E-state index in [1.54, 1.807) is 25.4 Å². The number of benzene rings is 1. The summed E-state index contributed by atoms with van der Waals surface area (Å²) in [4.78, 5) is 18.8. The van der Waals surface area contributed by atoms with E-state index in [4.69, 9.17) is 9.72 Å². The highest BCUT2D eigenvalue weighted by Crippen LogP contribution is 2.38. The number of para-hydroxylation sites is 1. The van der Waals surface area contributed by atoms with Crippen molar-refractivity contribution in [2.24, 2.45) is 11.8 Å². The molecule has 2 aliphatic rings. The van der Waals surface area contributed by atoms with Gasteiger partial charge in [-0.05, 0) is 36.8 Å². The van der Waals surface area contributed by atoms with Crippen LogP contribution in [-0.4, -0.2) is 48.1 Å². The summed E-state index contributed by atoms with van der Waals surface area (Å²) in [6, 6.07) is 8.48. The summed E-state index contributed by atoms with van der Waals surface area (Å²) in [5.74, 6) is 1.33. The molecule has 6 heteroatoms. The minimum absolute atomic E-state index is 0.0369. The quantitative estimate of drug-likeness (QED) is 0.912. The van der Waals surface area contributed by atoms with Gasteiger partial charge in [0.15, 0.2) is 0 Å². The fourth-order valence-electron chi connectivity index (χ4n) is 4.49. The number of rotatable bonds is 4. The number of carbonyl (C=O) groups is 1. The monoisotopic (exact) mass is 359 g/mol. The lowest BCUT2D eigenvalue weighted by Gasteiger charge is -2.37. The van der Waals surface area contributed by atoms with Crippen LogP contribution in [-0.2, 0) is 16.1 Å². The first kappa shape index (κ1) is 16.9. The van der Waals surface area contributed by atoms with E-state index in [9.17, 15) is 4.79 Å². The van der Waals surface area contributed by atoms with Crippen molar-refractivity contribution >= 4 is 27.5 Å². The summed E-state index contributed by atoms with van der Waals surface area (Å²) in [7, 11) is 1.76. The van der Waals surface area contributed by atoms with Crippen LogP contribution in [0.1, 0.15) is 24.8 Å². The third-order valence-electron chi connectivity index (χ3n) is 5.58. The standard InChI is InChI=1S/C19H25N3O2S/c1-12(23)20-16-7-13-9-22(10-14(13)8-17(16)24-2)11-19-21-15-5-3-4-6-18(15)25-19/h3-6,13-14,16-17H,7-11H2,1-2H3,(H,20,23)/t13-,14+,16-,17-/m1/s1. The Morgan fingerprint density at radius 1 is 1.32 bits per heavy atom. The van der Waals surface area contributed by atoms with E-state index in [0.29, 0.717) is 11.8 Å². The van der Waals surface area contributed by atoms with Gasteiger partial charge in [-0.25, -0.2) is 4.98 Å². The number of hydrogen-bond acceptors (Lipinski definition) is 5. The van der Waals surface area contributed by atoms with E-state index in [-0.39, 0.29) is 18.1 Å². The van der Waals surface area contributed by atoms with Crippen molar-refractivity contribution in [3.63, 3.8) is 0 Å². The lowest BCUT2D eigenvalue weighted by molar-refractivity contribution is -0.121. The molecule has 1 N–H and O–H groups in total. The molecule has 5 nitrogen and oxygen atoms in total. The van der Waals surface area contributed by atoms with Gasteiger partial charge < -0.3 is 10.1 Å². The zero-order valence-electron chi connectivity index (χ0n) is 14.8. The molecule has 2 heterocycles. The summed E-state index contributed by atoms with van der Waals surface area (Å²) < 4.78 is 6.93. The number of thiazole rings is 1. The predicted molar refractivity (Wildman–Crippen MR) is 99.5 cm³/mol. The summed E-state index contributed by atoms with van der Waals surface area (Å²) in [5.41, 5.74) is 1.10. The number of amides is 1. The summed E-state index contributed by atoms with van der Waals surface area (Å²) in [6.07, 6.45) is 2.18. The molecule has 0 spiro atoms. The number of hydrogen-bond donors (Lipinski definition) is 1. The molecular formula is C19H25N3O2S. The molecule has 2 fully saturated rings. The van der Waals surface area contributed by atoms with Crippen LogP contribution >= 0.6 is 11.3 Å². The number of methoxy groups -OCH3 is 1. The van der Waals surface area contributed by atoms with Gasteiger partial charge in [0.05, 0.1) is 28.9 Å². The van der Waals surface area contributed by atoms with Gasteiger partial charge in [0, 0.05) is 27.1 Å². The molecule has 1 aromatic heterocycles. The molecule has 2 aromatic rings. The minimum Gasteiger partial charge on any atom is -0.379 e. The molecule has 1 saturated heterocycles. The number of fused-ring (bicyclic) bond motifs is 2. The Kier molecular flexibility index (Phi) is 4.75. The Bertz CT molecular complexity index is 729. The number of nitrogens with one attached hydrogen (secondary N) is 1. The SMILES string of the molecule is CO[C@@H]1C[C@H]2CN(Cc3nc4ccccc4s3)C[C@H]2C[C@H]1NC(C)=O. The van der Waals surface area contributed by atoms with E-state index in [1.165, 1.54) is 9.71 Å². The van der Waals surface area contributed by atoms with Crippen molar-refractivity contribution in [1.29, 1.82) is 0 Å². The molecule has 0 unspecified atom stereocenters. The van der Waals surface area contributed by atoms with Gasteiger partial charge in [-0.3, -0.25) is 9.69 Å². The Labute approximate surface area is 152 Å². The molecule has 1 amide bonds. The first-order chi connectivity index (χ1) is 12.1. The topological polar surface area (TPSA) is 54.5 Å². The van der Waals surface area contributed by atoms with Crippen molar-refractivity contribution in [2.45, 2.75) is 38.5 Å². The largest absolute Gasteiger partial charge is 0.379 e. The van der Waals surface area contributed by atoms with Crippen molar-refractivity contribution in [3.05, 3.63) is 29.3 Å². The van der Waals surface area contributed by atoms with Crippen molar-refractivity contribution < 1.29 is 9.53 Å². The van der Waals surface area contributed by atoms with Gasteiger partial charge in [0.2, 0.25) is 5.91 Å². The second kappa shape index (κ2) is 7.02. The maximum Gasteiger partial charge on any atom is 0.217 e. The Balaban J connectivity index is 1.42. The summed E-state index contributed by atoms with van der Waals surface area (Å²) >= 11 is 1.80. The van der Waals surface area contributed by atoms with Crippen molar-refractivity contribution in [1.82, 2.24) is 15.2 Å². The predicted octanol–water partition coefficient (Wildman–Crippen LogP) is 2.66. The van der Waals surface area contributed by atoms with E-state index < -0.39 is 0 Å². The smallest absolute Gasteiger partial charge is 0.217 e. The van der Waals surface area contributed by atoms with Crippen LogP contribution in [0.2, 0.25) is 0 Å². The summed E-state index contributed by atoms with van der Waals surface area (Å²) in [5, 5.41) is 4.28. The van der Waals surface area contributed by atoms with E-state index in [0.717, 1.165) is 38.0 Å². The highest BCUT2D eigenvalue weighted by molar-refractivity contribution is 7.18. The van der Waals surface area contributed by atoms with Gasteiger partial charge in [-0.1, -0.05) is 12.1 Å². The average Bonchev–Trinajstić information content (AvgIpc) is 3.15. The van der Waals surface area contributed by atoms with E-state index >= 15 is 0 Å². The highest BCUT2D eigenvalue weighted by Gasteiger charge is 2.42. The highest BCUT2D eigenvalue weighted by atomic mass is 32.1. The fraction of sp³-hybridized carbons (Fsp3) is 0.579. The minimum atomic E-state index is 0.0369. The van der Waals surface area contributed by atoms with Crippen LogP contribution in [0.25, 0.3) is 10.2 Å². The lowest BCUT2D eigenvalue weighted by Crippen LogP contribution is -2.49. The van der Waals surface area contributed by atoms with Gasteiger partial charge >= 0.3 is 0 Å². The molecule has 1 aromatic carbocycles. The number of ether oxygens (including phenoxy) is 1. The normalized spacial score (nSPS) is 29.7. The zero-order valence-corrected chi connectivity index (χ0v) is 15.6. The lowest BCUT2D eigenvalue weighted by atomic mass is 9.77. The second-order valence-electron chi connectivity index (χ2n) is 7.34. The van der Waals surface area contributed by atoms with Crippen LogP contribution < -0.4 is 5.32 Å². The fourth-order valence-corrected chi connectivity index (χ4v) is 5.50. The van der Waals surface area contributed by atoms with Crippen LogP contribution in [0.3, 0.4) is 0 Å². The van der Waals surface area contributed by atoms with Gasteiger partial charge in [0.1, 0.15) is 5.01 Å². The third kappa shape index (κ3) is 3.57. The molecule has 4 rings (SSSR count). The van der Waals surface area contributed by atoms with E-state index in [1.807, 2.05) is 6.07 Å². The second-order valence-corrected chi connectivity index (χ2v) is 8.46. The number of carbonyl (C=O) groups excluding carboxylic acids is 1. The van der Waals surface area contributed by atoms with Crippen molar-refractivity contribution in [2.75, 3.05) is 20.2 Å². The molecule has 1 aliphatic carbocycles. The van der Waals surface area contributed by atoms with Crippen LogP contribution in [0.5, 0.6) is 0 Å².